The minimum atomic E-state index is -0.408. The van der Waals surface area contributed by atoms with E-state index in [2.05, 4.69) is 15.5 Å². The normalized spacial score (nSPS) is 11.9. The molecule has 1 aromatic heterocycles. The van der Waals surface area contributed by atoms with Crippen LogP contribution in [0.4, 0.5) is 5.69 Å². The molecule has 1 amide bonds. The van der Waals surface area contributed by atoms with Crippen molar-refractivity contribution in [3.8, 4) is 11.4 Å². The van der Waals surface area contributed by atoms with Crippen LogP contribution in [0.25, 0.3) is 11.4 Å². The van der Waals surface area contributed by atoms with Gasteiger partial charge in [-0.1, -0.05) is 48.2 Å². The number of hydrogen-bond donors (Lipinski definition) is 1. The zero-order valence-electron chi connectivity index (χ0n) is 17.0. The Bertz CT molecular complexity index is 1040. The molecule has 29 heavy (non-hydrogen) atoms. The fraction of sp³-hybridized carbons (Fsp3) is 0.273. The van der Waals surface area contributed by atoms with Gasteiger partial charge in [0.05, 0.1) is 10.9 Å². The number of nitrogens with zero attached hydrogens (tertiary/aromatic N) is 3. The zero-order valence-corrected chi connectivity index (χ0v) is 17.8. The second-order valence-corrected chi connectivity index (χ2v) is 8.02. The van der Waals surface area contributed by atoms with E-state index in [1.54, 1.807) is 24.3 Å². The Kier molecular flexibility index (Phi) is 6.49. The van der Waals surface area contributed by atoms with Crippen LogP contribution in [0.2, 0.25) is 0 Å². The predicted molar refractivity (Wildman–Crippen MR) is 116 cm³/mol. The van der Waals surface area contributed by atoms with Crippen LogP contribution in [0.1, 0.15) is 36.7 Å². The summed E-state index contributed by atoms with van der Waals surface area (Å²) in [6.45, 7) is 8.07. The summed E-state index contributed by atoms with van der Waals surface area (Å²) < 4.78 is 2.01. The lowest BCUT2D eigenvalue weighted by atomic mass is 10.1. The first-order chi connectivity index (χ1) is 13.9. The lowest BCUT2D eigenvalue weighted by Gasteiger charge is -2.14. The highest BCUT2D eigenvalue weighted by Gasteiger charge is 2.21. The molecule has 0 saturated heterocycles. The smallest absolute Gasteiger partial charge is 0.237 e. The number of aryl methyl sites for hydroxylation is 1. The molecular formula is C22H24N4O2S. The summed E-state index contributed by atoms with van der Waals surface area (Å²) >= 11 is 1.35. The van der Waals surface area contributed by atoms with Crippen molar-refractivity contribution in [1.29, 1.82) is 0 Å². The number of carbonyl (C=O) groups excluding carboxylic acids is 2. The number of Topliss-reactive ketones (excluding diaryl/α,β-unsaturated/α-hetero) is 1. The van der Waals surface area contributed by atoms with Crippen molar-refractivity contribution < 1.29 is 9.59 Å². The lowest BCUT2D eigenvalue weighted by molar-refractivity contribution is -0.115. The highest BCUT2D eigenvalue weighted by Crippen LogP contribution is 2.29. The van der Waals surface area contributed by atoms with Gasteiger partial charge >= 0.3 is 0 Å². The molecule has 0 bridgehead atoms. The van der Waals surface area contributed by atoms with Crippen molar-refractivity contribution in [2.75, 3.05) is 5.32 Å². The SMILES string of the molecule is CCn1c(S[C@H](C)C(=O)Nc2ccccc2C(C)=O)nnc1-c1ccccc1C. The van der Waals surface area contributed by atoms with Gasteiger partial charge < -0.3 is 9.88 Å². The monoisotopic (exact) mass is 408 g/mol. The largest absolute Gasteiger partial charge is 0.324 e. The topological polar surface area (TPSA) is 76.9 Å². The third-order valence-electron chi connectivity index (χ3n) is 4.63. The summed E-state index contributed by atoms with van der Waals surface area (Å²) in [5.41, 5.74) is 3.17. The molecule has 0 unspecified atom stereocenters. The summed E-state index contributed by atoms with van der Waals surface area (Å²) in [4.78, 5) is 24.5. The van der Waals surface area contributed by atoms with E-state index in [4.69, 9.17) is 0 Å². The van der Waals surface area contributed by atoms with Gasteiger partial charge in [-0.05, 0) is 45.4 Å². The van der Waals surface area contributed by atoms with E-state index < -0.39 is 5.25 Å². The maximum Gasteiger partial charge on any atom is 0.237 e. The number of hydrogen-bond acceptors (Lipinski definition) is 5. The van der Waals surface area contributed by atoms with Crippen LogP contribution in [-0.4, -0.2) is 31.7 Å². The van der Waals surface area contributed by atoms with Gasteiger partial charge in [-0.3, -0.25) is 9.59 Å². The molecule has 0 aliphatic carbocycles. The third-order valence-corrected chi connectivity index (χ3v) is 5.72. The van der Waals surface area contributed by atoms with Gasteiger partial charge in [0.1, 0.15) is 0 Å². The number of aromatic nitrogens is 3. The van der Waals surface area contributed by atoms with E-state index in [1.165, 1.54) is 18.7 Å². The van der Waals surface area contributed by atoms with Gasteiger partial charge in [-0.15, -0.1) is 10.2 Å². The van der Waals surface area contributed by atoms with Crippen LogP contribution in [0, 0.1) is 6.92 Å². The van der Waals surface area contributed by atoms with Crippen molar-refractivity contribution in [2.45, 2.75) is 44.6 Å². The number of rotatable bonds is 7. The van der Waals surface area contributed by atoms with E-state index in [-0.39, 0.29) is 11.7 Å². The molecular weight excluding hydrogens is 384 g/mol. The Hall–Kier alpha value is -2.93. The number of benzene rings is 2. The molecule has 0 saturated carbocycles. The van der Waals surface area contributed by atoms with Crippen molar-refractivity contribution in [2.24, 2.45) is 0 Å². The highest BCUT2D eigenvalue weighted by atomic mass is 32.2. The Morgan fingerprint density at radius 2 is 1.79 bits per heavy atom. The zero-order chi connectivity index (χ0) is 21.0. The maximum atomic E-state index is 12.7. The van der Waals surface area contributed by atoms with Crippen molar-refractivity contribution in [1.82, 2.24) is 14.8 Å². The number of carbonyl (C=O) groups is 2. The van der Waals surface area contributed by atoms with Gasteiger partial charge in [-0.25, -0.2) is 0 Å². The van der Waals surface area contributed by atoms with E-state index >= 15 is 0 Å². The second-order valence-electron chi connectivity index (χ2n) is 6.72. The molecule has 7 heteroatoms. The average Bonchev–Trinajstić information content (AvgIpc) is 3.10. The van der Waals surface area contributed by atoms with Crippen molar-refractivity contribution >= 4 is 29.1 Å². The molecule has 1 N–H and O–H groups in total. The summed E-state index contributed by atoms with van der Waals surface area (Å²) in [6, 6.07) is 15.0. The number of ketones is 1. The first-order valence-electron chi connectivity index (χ1n) is 9.49. The number of nitrogens with one attached hydrogen (secondary N) is 1. The molecule has 0 fully saturated rings. The molecule has 1 atom stereocenters. The van der Waals surface area contributed by atoms with Crippen LogP contribution in [0.5, 0.6) is 0 Å². The van der Waals surface area contributed by atoms with Crippen LogP contribution < -0.4 is 5.32 Å². The summed E-state index contributed by atoms with van der Waals surface area (Å²) in [7, 11) is 0. The second kappa shape index (κ2) is 9.05. The first kappa shape index (κ1) is 20.8. The Morgan fingerprint density at radius 3 is 2.48 bits per heavy atom. The van der Waals surface area contributed by atoms with E-state index in [0.29, 0.717) is 23.0 Å². The molecule has 6 nitrogen and oxygen atoms in total. The summed E-state index contributed by atoms with van der Waals surface area (Å²) in [6.07, 6.45) is 0. The molecule has 2 aromatic carbocycles. The molecule has 0 spiro atoms. The van der Waals surface area contributed by atoms with Gasteiger partial charge in [-0.2, -0.15) is 0 Å². The summed E-state index contributed by atoms with van der Waals surface area (Å²) in [5, 5.41) is 11.8. The maximum absolute atomic E-state index is 12.7. The Morgan fingerprint density at radius 1 is 1.10 bits per heavy atom. The average molecular weight is 409 g/mol. The van der Waals surface area contributed by atoms with Crippen LogP contribution >= 0.6 is 11.8 Å². The van der Waals surface area contributed by atoms with Crippen LogP contribution in [-0.2, 0) is 11.3 Å². The predicted octanol–water partition coefficient (Wildman–Crippen LogP) is 4.60. The quantitative estimate of drug-likeness (QED) is 0.457. The summed E-state index contributed by atoms with van der Waals surface area (Å²) in [5.74, 6) is 0.518. The van der Waals surface area contributed by atoms with E-state index in [1.807, 2.05) is 49.6 Å². The Labute approximate surface area is 174 Å². The first-order valence-corrected chi connectivity index (χ1v) is 10.4. The minimum absolute atomic E-state index is 0.0881. The standard InChI is InChI=1S/C22H24N4O2S/c1-5-26-20(17-11-7-6-10-14(17)2)24-25-22(26)29-16(4)21(28)23-19-13-9-8-12-18(19)15(3)27/h6-13,16H,5H2,1-4H3,(H,23,28)/t16-/m1/s1. The molecule has 3 aromatic rings. The number of thioether (sulfide) groups is 1. The molecule has 0 aliphatic rings. The lowest BCUT2D eigenvalue weighted by Crippen LogP contribution is -2.24. The van der Waals surface area contributed by atoms with Crippen molar-refractivity contribution in [3.05, 3.63) is 59.7 Å². The fourth-order valence-corrected chi connectivity index (χ4v) is 3.94. The number of amides is 1. The number of para-hydroxylation sites is 1. The third kappa shape index (κ3) is 4.56. The fourth-order valence-electron chi connectivity index (χ4n) is 3.03. The van der Waals surface area contributed by atoms with Gasteiger partial charge in [0.25, 0.3) is 0 Å². The number of anilines is 1. The minimum Gasteiger partial charge on any atom is -0.324 e. The highest BCUT2D eigenvalue weighted by molar-refractivity contribution is 8.00. The van der Waals surface area contributed by atoms with Gasteiger partial charge in [0.15, 0.2) is 16.8 Å². The van der Waals surface area contributed by atoms with Crippen LogP contribution in [0.3, 0.4) is 0 Å². The molecule has 0 aliphatic heterocycles. The van der Waals surface area contributed by atoms with E-state index in [9.17, 15) is 9.59 Å². The molecule has 3 rings (SSSR count). The van der Waals surface area contributed by atoms with Gasteiger partial charge in [0.2, 0.25) is 5.91 Å². The molecule has 1 heterocycles. The van der Waals surface area contributed by atoms with Crippen molar-refractivity contribution in [3.63, 3.8) is 0 Å². The molecule has 150 valence electrons. The molecule has 0 radical (unpaired) electrons. The Balaban J connectivity index is 1.79. The van der Waals surface area contributed by atoms with E-state index in [0.717, 1.165) is 17.0 Å². The van der Waals surface area contributed by atoms with Gasteiger partial charge in [0, 0.05) is 17.7 Å². The van der Waals surface area contributed by atoms with Crippen LogP contribution in [0.15, 0.2) is 53.7 Å².